The lowest BCUT2D eigenvalue weighted by Gasteiger charge is -2.24. The average Bonchev–Trinajstić information content (AvgIpc) is 2.53. The molecule has 1 aliphatic rings. The topological polar surface area (TPSA) is 44.8 Å². The SMILES string of the molecule is COc1ccc(C(=O)OCC2CC=CCC2C)c(OC)c1. The summed E-state index contributed by atoms with van der Waals surface area (Å²) in [6.07, 6.45) is 6.37. The quantitative estimate of drug-likeness (QED) is 0.615. The standard InChI is InChI=1S/C17H22O4/c1-12-6-4-5-7-13(12)11-21-17(18)15-9-8-14(19-2)10-16(15)20-3/h4-5,8-10,12-13H,6-7,11H2,1-3H3. The Balaban J connectivity index is 2.01. The molecule has 0 saturated heterocycles. The van der Waals surface area contributed by atoms with Gasteiger partial charge in [0.15, 0.2) is 0 Å². The van der Waals surface area contributed by atoms with Crippen LogP contribution in [0.2, 0.25) is 0 Å². The number of benzene rings is 1. The first-order valence-electron chi connectivity index (χ1n) is 7.19. The summed E-state index contributed by atoms with van der Waals surface area (Å²) in [5.74, 6) is 1.70. The summed E-state index contributed by atoms with van der Waals surface area (Å²) in [4.78, 5) is 12.2. The lowest BCUT2D eigenvalue weighted by molar-refractivity contribution is 0.0392. The van der Waals surface area contributed by atoms with E-state index in [-0.39, 0.29) is 5.97 Å². The zero-order valence-electron chi connectivity index (χ0n) is 12.8. The maximum Gasteiger partial charge on any atom is 0.341 e. The van der Waals surface area contributed by atoms with Crippen molar-refractivity contribution >= 4 is 5.97 Å². The van der Waals surface area contributed by atoms with Gasteiger partial charge in [0, 0.05) is 6.07 Å². The highest BCUT2D eigenvalue weighted by Gasteiger charge is 2.21. The minimum absolute atomic E-state index is 0.351. The normalized spacial score (nSPS) is 20.9. The number of carbonyl (C=O) groups excluding carboxylic acids is 1. The lowest BCUT2D eigenvalue weighted by atomic mass is 9.85. The fourth-order valence-corrected chi connectivity index (χ4v) is 2.47. The van der Waals surface area contributed by atoms with Crippen molar-refractivity contribution in [3.63, 3.8) is 0 Å². The molecule has 0 spiro atoms. The van der Waals surface area contributed by atoms with E-state index in [1.54, 1.807) is 25.3 Å². The predicted molar refractivity (Wildman–Crippen MR) is 80.9 cm³/mol. The summed E-state index contributed by atoms with van der Waals surface area (Å²) in [5, 5.41) is 0. The summed E-state index contributed by atoms with van der Waals surface area (Å²) in [5.41, 5.74) is 0.428. The molecular weight excluding hydrogens is 268 g/mol. The smallest absolute Gasteiger partial charge is 0.341 e. The second-order valence-electron chi connectivity index (χ2n) is 5.34. The third-order valence-electron chi connectivity index (χ3n) is 3.98. The molecule has 0 aromatic heterocycles. The fourth-order valence-electron chi connectivity index (χ4n) is 2.47. The molecule has 1 aromatic rings. The van der Waals surface area contributed by atoms with E-state index in [1.165, 1.54) is 7.11 Å². The van der Waals surface area contributed by atoms with Crippen LogP contribution >= 0.6 is 0 Å². The molecule has 1 aromatic carbocycles. The lowest BCUT2D eigenvalue weighted by Crippen LogP contribution is -2.21. The number of esters is 1. The maximum atomic E-state index is 12.2. The molecule has 0 N–H and O–H groups in total. The molecule has 0 fully saturated rings. The van der Waals surface area contributed by atoms with E-state index >= 15 is 0 Å². The van der Waals surface area contributed by atoms with Crippen molar-refractivity contribution in [2.24, 2.45) is 11.8 Å². The Bertz CT molecular complexity index is 522. The Labute approximate surface area is 125 Å². The highest BCUT2D eigenvalue weighted by Crippen LogP contribution is 2.28. The van der Waals surface area contributed by atoms with E-state index in [9.17, 15) is 4.79 Å². The summed E-state index contributed by atoms with van der Waals surface area (Å²) in [6.45, 7) is 2.63. The second kappa shape index (κ2) is 7.16. The Hall–Kier alpha value is -1.97. The first kappa shape index (κ1) is 15.4. The van der Waals surface area contributed by atoms with Crippen LogP contribution in [0.1, 0.15) is 30.1 Å². The average molecular weight is 290 g/mol. The van der Waals surface area contributed by atoms with Crippen LogP contribution in [0.3, 0.4) is 0 Å². The molecule has 0 heterocycles. The zero-order valence-corrected chi connectivity index (χ0v) is 12.8. The number of allylic oxidation sites excluding steroid dienone is 2. The molecule has 2 unspecified atom stereocenters. The van der Waals surface area contributed by atoms with Crippen molar-refractivity contribution in [2.45, 2.75) is 19.8 Å². The van der Waals surface area contributed by atoms with Crippen molar-refractivity contribution < 1.29 is 19.0 Å². The number of hydrogen-bond acceptors (Lipinski definition) is 4. The van der Waals surface area contributed by atoms with Crippen LogP contribution in [0.4, 0.5) is 0 Å². The van der Waals surface area contributed by atoms with Gasteiger partial charge in [-0.05, 0) is 36.8 Å². The van der Waals surface area contributed by atoms with Gasteiger partial charge in [-0.3, -0.25) is 0 Å². The molecule has 1 aliphatic carbocycles. The molecule has 0 saturated carbocycles. The Morgan fingerprint density at radius 1 is 1.19 bits per heavy atom. The predicted octanol–water partition coefficient (Wildman–Crippen LogP) is 3.46. The van der Waals surface area contributed by atoms with Crippen molar-refractivity contribution in [2.75, 3.05) is 20.8 Å². The molecule has 4 nitrogen and oxygen atoms in total. The summed E-state index contributed by atoms with van der Waals surface area (Å²) >= 11 is 0. The van der Waals surface area contributed by atoms with Crippen LogP contribution in [0.15, 0.2) is 30.4 Å². The van der Waals surface area contributed by atoms with E-state index in [2.05, 4.69) is 19.1 Å². The van der Waals surface area contributed by atoms with Crippen LogP contribution in [0, 0.1) is 11.8 Å². The number of ether oxygens (including phenoxy) is 3. The molecule has 21 heavy (non-hydrogen) atoms. The van der Waals surface area contributed by atoms with Gasteiger partial charge in [0.1, 0.15) is 17.1 Å². The van der Waals surface area contributed by atoms with Crippen LogP contribution in [-0.4, -0.2) is 26.8 Å². The number of methoxy groups -OCH3 is 2. The molecule has 2 atom stereocenters. The van der Waals surface area contributed by atoms with E-state index in [0.29, 0.717) is 35.5 Å². The van der Waals surface area contributed by atoms with Gasteiger partial charge in [-0.15, -0.1) is 0 Å². The van der Waals surface area contributed by atoms with Crippen LogP contribution in [0.5, 0.6) is 11.5 Å². The van der Waals surface area contributed by atoms with E-state index in [0.717, 1.165) is 12.8 Å². The van der Waals surface area contributed by atoms with Gasteiger partial charge in [-0.2, -0.15) is 0 Å². The molecule has 114 valence electrons. The second-order valence-corrected chi connectivity index (χ2v) is 5.34. The number of rotatable bonds is 5. The summed E-state index contributed by atoms with van der Waals surface area (Å²) in [7, 11) is 3.10. The van der Waals surface area contributed by atoms with Gasteiger partial charge in [0.25, 0.3) is 0 Å². The minimum Gasteiger partial charge on any atom is -0.497 e. The molecular formula is C17H22O4. The van der Waals surface area contributed by atoms with Gasteiger partial charge in [0.2, 0.25) is 0 Å². The first-order valence-corrected chi connectivity index (χ1v) is 7.19. The highest BCUT2D eigenvalue weighted by atomic mass is 16.5. The Morgan fingerprint density at radius 2 is 1.95 bits per heavy atom. The van der Waals surface area contributed by atoms with Gasteiger partial charge in [0.05, 0.1) is 20.8 Å². The zero-order chi connectivity index (χ0) is 15.2. The van der Waals surface area contributed by atoms with Crippen molar-refractivity contribution in [3.05, 3.63) is 35.9 Å². The molecule has 0 radical (unpaired) electrons. The van der Waals surface area contributed by atoms with Gasteiger partial charge < -0.3 is 14.2 Å². The van der Waals surface area contributed by atoms with Crippen molar-refractivity contribution in [1.29, 1.82) is 0 Å². The first-order chi connectivity index (χ1) is 10.2. The van der Waals surface area contributed by atoms with Gasteiger partial charge >= 0.3 is 5.97 Å². The highest BCUT2D eigenvalue weighted by molar-refractivity contribution is 5.92. The van der Waals surface area contributed by atoms with E-state index in [1.807, 2.05) is 0 Å². The van der Waals surface area contributed by atoms with Crippen LogP contribution in [-0.2, 0) is 4.74 Å². The van der Waals surface area contributed by atoms with E-state index in [4.69, 9.17) is 14.2 Å². The fraction of sp³-hybridized carbons (Fsp3) is 0.471. The van der Waals surface area contributed by atoms with Gasteiger partial charge in [-0.25, -0.2) is 4.79 Å². The molecule has 0 bridgehead atoms. The van der Waals surface area contributed by atoms with Crippen molar-refractivity contribution in [3.8, 4) is 11.5 Å². The molecule has 4 heteroatoms. The Morgan fingerprint density at radius 3 is 2.62 bits per heavy atom. The third-order valence-corrected chi connectivity index (χ3v) is 3.98. The third kappa shape index (κ3) is 3.78. The molecule has 2 rings (SSSR count). The van der Waals surface area contributed by atoms with Gasteiger partial charge in [-0.1, -0.05) is 19.1 Å². The number of carbonyl (C=O) groups is 1. The summed E-state index contributed by atoms with van der Waals surface area (Å²) < 4.78 is 15.8. The largest absolute Gasteiger partial charge is 0.497 e. The maximum absolute atomic E-state index is 12.2. The molecule has 0 aliphatic heterocycles. The summed E-state index contributed by atoms with van der Waals surface area (Å²) in [6, 6.07) is 5.08. The van der Waals surface area contributed by atoms with E-state index < -0.39 is 0 Å². The monoisotopic (exact) mass is 290 g/mol. The van der Waals surface area contributed by atoms with Crippen LogP contribution < -0.4 is 9.47 Å². The Kier molecular flexibility index (Phi) is 5.26. The molecule has 0 amide bonds. The number of hydrogen-bond donors (Lipinski definition) is 0. The van der Waals surface area contributed by atoms with Crippen LogP contribution in [0.25, 0.3) is 0 Å². The minimum atomic E-state index is -0.351. The van der Waals surface area contributed by atoms with Crippen molar-refractivity contribution in [1.82, 2.24) is 0 Å².